The van der Waals surface area contributed by atoms with Gasteiger partial charge < -0.3 is 10.4 Å². The third kappa shape index (κ3) is 4.03. The van der Waals surface area contributed by atoms with Crippen LogP contribution in [-0.4, -0.2) is 47.4 Å². The number of aliphatic hydroxyl groups is 1. The summed E-state index contributed by atoms with van der Waals surface area (Å²) in [5.74, 6) is -2.99. The van der Waals surface area contributed by atoms with Gasteiger partial charge in [0.15, 0.2) is 5.84 Å². The lowest BCUT2D eigenvalue weighted by Crippen LogP contribution is -2.55. The predicted octanol–water partition coefficient (Wildman–Crippen LogP) is 2.40. The zero-order valence-corrected chi connectivity index (χ0v) is 15.9. The van der Waals surface area contributed by atoms with Gasteiger partial charge in [-0.3, -0.25) is 9.59 Å². The lowest BCUT2D eigenvalue weighted by Gasteiger charge is -2.30. The van der Waals surface area contributed by atoms with Gasteiger partial charge >= 0.3 is 6.18 Å². The number of carbonyl (C=O) groups excluding carboxylic acids is 2. The van der Waals surface area contributed by atoms with Crippen LogP contribution < -0.4 is 5.32 Å². The number of carbonyl (C=O) groups is 2. The van der Waals surface area contributed by atoms with Gasteiger partial charge in [0.1, 0.15) is 5.92 Å². The minimum absolute atomic E-state index is 0.142. The molecule has 0 fully saturated rings. The Morgan fingerprint density at radius 2 is 2.03 bits per heavy atom. The molecule has 1 heterocycles. The number of hydrogen-bond donors (Lipinski definition) is 2. The average molecular weight is 423 g/mol. The molecule has 0 spiro atoms. The van der Waals surface area contributed by atoms with E-state index in [9.17, 15) is 27.9 Å². The Bertz CT molecular complexity index is 969. The van der Waals surface area contributed by atoms with Crippen LogP contribution in [-0.2, 0) is 15.2 Å². The first-order chi connectivity index (χ1) is 13.7. The van der Waals surface area contributed by atoms with Crippen LogP contribution in [0.15, 0.2) is 63.4 Å². The monoisotopic (exact) mass is 423 g/mol. The van der Waals surface area contributed by atoms with Crippen molar-refractivity contribution < 1.29 is 27.9 Å². The van der Waals surface area contributed by atoms with E-state index in [0.717, 1.165) is 12.1 Å². The van der Waals surface area contributed by atoms with Crippen molar-refractivity contribution in [3.63, 3.8) is 0 Å². The topological polar surface area (TPSA) is 91.1 Å². The molecule has 2 unspecified atom stereocenters. The molecule has 1 aromatic carbocycles. The summed E-state index contributed by atoms with van der Waals surface area (Å²) >= 11 is 1.17. The highest BCUT2D eigenvalue weighted by Crippen LogP contribution is 2.40. The van der Waals surface area contributed by atoms with Crippen LogP contribution in [0.1, 0.15) is 5.56 Å². The van der Waals surface area contributed by atoms with Crippen molar-refractivity contribution in [1.82, 2.24) is 5.32 Å². The molecule has 0 aromatic heterocycles. The Morgan fingerprint density at radius 1 is 1.28 bits per heavy atom. The van der Waals surface area contributed by atoms with Gasteiger partial charge in [-0.1, -0.05) is 30.4 Å². The fourth-order valence-electron chi connectivity index (χ4n) is 2.86. The Labute approximate surface area is 168 Å². The van der Waals surface area contributed by atoms with Crippen molar-refractivity contribution >= 4 is 35.1 Å². The number of amides is 2. The number of aliphatic imine (C=N–C) groups is 2. The van der Waals surface area contributed by atoms with E-state index in [1.54, 1.807) is 36.6 Å². The van der Waals surface area contributed by atoms with Crippen molar-refractivity contribution in [2.75, 3.05) is 12.8 Å². The van der Waals surface area contributed by atoms with E-state index in [1.165, 1.54) is 17.8 Å². The second-order valence-corrected chi connectivity index (χ2v) is 7.13. The summed E-state index contributed by atoms with van der Waals surface area (Å²) in [7, 11) is 0. The van der Waals surface area contributed by atoms with Crippen molar-refractivity contribution in [1.29, 1.82) is 0 Å². The van der Waals surface area contributed by atoms with Crippen LogP contribution in [0.25, 0.3) is 0 Å². The highest BCUT2D eigenvalue weighted by molar-refractivity contribution is 7.98. The minimum atomic E-state index is -5.27. The molecule has 2 aliphatic rings. The van der Waals surface area contributed by atoms with E-state index in [1.807, 2.05) is 5.32 Å². The number of halogens is 3. The highest BCUT2D eigenvalue weighted by Gasteiger charge is 2.60. The third-order valence-corrected chi connectivity index (χ3v) is 5.12. The van der Waals surface area contributed by atoms with Crippen molar-refractivity contribution in [2.24, 2.45) is 15.9 Å². The van der Waals surface area contributed by atoms with Crippen LogP contribution >= 0.6 is 11.8 Å². The molecule has 1 aliphatic carbocycles. The quantitative estimate of drug-likeness (QED) is 0.712. The summed E-state index contributed by atoms with van der Waals surface area (Å²) in [4.78, 5) is 32.7. The highest BCUT2D eigenvalue weighted by atomic mass is 32.2. The lowest BCUT2D eigenvalue weighted by molar-refractivity contribution is -0.256. The molecular weight excluding hydrogens is 407 g/mol. The van der Waals surface area contributed by atoms with E-state index in [0.29, 0.717) is 10.6 Å². The zero-order valence-electron chi connectivity index (χ0n) is 15.1. The number of benzene rings is 1. The molecule has 2 amide bonds. The Kier molecular flexibility index (Phi) is 5.76. The Balaban J connectivity index is 1.83. The van der Waals surface area contributed by atoms with Gasteiger partial charge in [0, 0.05) is 10.5 Å². The fourth-order valence-corrected chi connectivity index (χ4v) is 3.32. The number of amidine groups is 1. The Morgan fingerprint density at radius 3 is 2.72 bits per heavy atom. The van der Waals surface area contributed by atoms with E-state index >= 15 is 0 Å². The second kappa shape index (κ2) is 7.96. The average Bonchev–Trinajstić information content (AvgIpc) is 2.70. The van der Waals surface area contributed by atoms with Crippen LogP contribution in [0.4, 0.5) is 13.2 Å². The summed E-state index contributed by atoms with van der Waals surface area (Å²) in [6.07, 6.45) is 2.89. The van der Waals surface area contributed by atoms with Gasteiger partial charge in [0.2, 0.25) is 0 Å². The first kappa shape index (κ1) is 21.0. The maximum absolute atomic E-state index is 13.7. The summed E-state index contributed by atoms with van der Waals surface area (Å²) in [6, 6.07) is 5.01. The molecule has 1 aromatic rings. The smallest absolute Gasteiger partial charge is 0.369 e. The molecule has 29 heavy (non-hydrogen) atoms. The van der Waals surface area contributed by atoms with E-state index < -0.39 is 41.6 Å². The molecule has 2 atom stereocenters. The zero-order chi connectivity index (χ0) is 21.2. The summed E-state index contributed by atoms with van der Waals surface area (Å²) in [6.45, 7) is -0.543. The number of thioether (sulfide) groups is 1. The Hall–Kier alpha value is -2.72. The number of hydrogen-bond acceptors (Lipinski definition) is 5. The number of nitrogens with zero attached hydrogens (tertiary/aromatic N) is 2. The van der Waals surface area contributed by atoms with Crippen LogP contribution in [0.2, 0.25) is 0 Å². The van der Waals surface area contributed by atoms with E-state index in [-0.39, 0.29) is 5.84 Å². The summed E-state index contributed by atoms with van der Waals surface area (Å²) in [5, 5.41) is 12.4. The standard InChI is InChI=1S/C19H16F3N3O3S/c1-29-12-6-4-5-11(9-12)18(28,19(20,21)22)17(27)23-10-15-24-14-8-3-2-7-13(14)16(26)25-15/h2-9,13,28H,10H2,1H3,(H,23,27). The van der Waals surface area contributed by atoms with Crippen LogP contribution in [0, 0.1) is 5.92 Å². The van der Waals surface area contributed by atoms with Crippen molar-refractivity contribution in [3.05, 3.63) is 54.1 Å². The first-order valence-electron chi connectivity index (χ1n) is 8.43. The fraction of sp³-hybridized carbons (Fsp3) is 0.263. The second-order valence-electron chi connectivity index (χ2n) is 6.25. The molecular formula is C19H16F3N3O3S. The van der Waals surface area contributed by atoms with Crippen molar-refractivity contribution in [2.45, 2.75) is 16.7 Å². The van der Waals surface area contributed by atoms with Crippen molar-refractivity contribution in [3.8, 4) is 0 Å². The maximum Gasteiger partial charge on any atom is 0.430 e. The molecule has 10 heteroatoms. The van der Waals surface area contributed by atoms with Gasteiger partial charge in [-0.2, -0.15) is 18.2 Å². The normalized spacial score (nSPS) is 20.4. The lowest BCUT2D eigenvalue weighted by atomic mass is 9.92. The minimum Gasteiger partial charge on any atom is -0.369 e. The van der Waals surface area contributed by atoms with Gasteiger partial charge in [-0.15, -0.1) is 11.8 Å². The number of allylic oxidation sites excluding steroid dienone is 3. The predicted molar refractivity (Wildman–Crippen MR) is 103 cm³/mol. The van der Waals surface area contributed by atoms with E-state index in [4.69, 9.17) is 0 Å². The largest absolute Gasteiger partial charge is 0.430 e. The molecule has 3 rings (SSSR count). The molecule has 152 valence electrons. The number of rotatable bonds is 5. The molecule has 0 radical (unpaired) electrons. The molecule has 1 aliphatic heterocycles. The van der Waals surface area contributed by atoms with Gasteiger partial charge in [-0.25, -0.2) is 4.99 Å². The molecule has 0 bridgehead atoms. The SMILES string of the molecule is CSc1cccc(C(O)(C(=O)NCC2=NC(=O)C3C=CC=CC3=N2)C(F)(F)F)c1. The number of nitrogens with one attached hydrogen (secondary N) is 1. The van der Waals surface area contributed by atoms with Crippen LogP contribution in [0.5, 0.6) is 0 Å². The molecule has 0 saturated carbocycles. The van der Waals surface area contributed by atoms with Crippen LogP contribution in [0.3, 0.4) is 0 Å². The molecule has 2 N–H and O–H groups in total. The summed E-state index contributed by atoms with van der Waals surface area (Å²) in [5.41, 5.74) is -3.99. The first-order valence-corrected chi connectivity index (χ1v) is 9.66. The number of alkyl halides is 3. The summed E-state index contributed by atoms with van der Waals surface area (Å²) < 4.78 is 41.0. The van der Waals surface area contributed by atoms with Gasteiger partial charge in [0.05, 0.1) is 12.3 Å². The number of fused-ring (bicyclic) bond motifs is 1. The van der Waals surface area contributed by atoms with E-state index in [2.05, 4.69) is 9.98 Å². The molecule has 0 saturated heterocycles. The maximum atomic E-state index is 13.7. The molecule has 6 nitrogen and oxygen atoms in total. The van der Waals surface area contributed by atoms with Gasteiger partial charge in [0.25, 0.3) is 17.4 Å². The third-order valence-electron chi connectivity index (χ3n) is 4.40. The van der Waals surface area contributed by atoms with Gasteiger partial charge in [-0.05, 0) is 24.5 Å².